The Morgan fingerprint density at radius 3 is 3.06 bits per heavy atom. The molecule has 0 fully saturated rings. The van der Waals surface area contributed by atoms with Crippen molar-refractivity contribution in [1.82, 2.24) is 10.3 Å². The molecule has 0 unspecified atom stereocenters. The second kappa shape index (κ2) is 5.41. The van der Waals surface area contributed by atoms with Crippen LogP contribution in [0.4, 0.5) is 5.69 Å². The zero-order chi connectivity index (χ0) is 12.1. The SMILES string of the molecule is CCNCC(=O)Nc1ccc2ncccc2c1. The number of aromatic nitrogens is 1. The van der Waals surface area contributed by atoms with Gasteiger partial charge >= 0.3 is 0 Å². The number of hydrogen-bond donors (Lipinski definition) is 2. The molecule has 1 amide bonds. The molecule has 0 atom stereocenters. The van der Waals surface area contributed by atoms with Crippen molar-refractivity contribution in [1.29, 1.82) is 0 Å². The number of hydrogen-bond acceptors (Lipinski definition) is 3. The van der Waals surface area contributed by atoms with Gasteiger partial charge in [0, 0.05) is 17.3 Å². The first kappa shape index (κ1) is 11.5. The smallest absolute Gasteiger partial charge is 0.238 e. The Morgan fingerprint density at radius 2 is 2.24 bits per heavy atom. The third kappa shape index (κ3) is 3.01. The molecule has 4 heteroatoms. The van der Waals surface area contributed by atoms with Gasteiger partial charge in [-0.05, 0) is 30.8 Å². The van der Waals surface area contributed by atoms with Crippen LogP contribution in [-0.4, -0.2) is 24.0 Å². The van der Waals surface area contributed by atoms with Gasteiger partial charge in [0.1, 0.15) is 0 Å². The topological polar surface area (TPSA) is 54.0 Å². The van der Waals surface area contributed by atoms with Gasteiger partial charge in [0.2, 0.25) is 5.91 Å². The molecule has 1 aromatic carbocycles. The lowest BCUT2D eigenvalue weighted by Crippen LogP contribution is -2.27. The van der Waals surface area contributed by atoms with E-state index in [0.29, 0.717) is 6.54 Å². The summed E-state index contributed by atoms with van der Waals surface area (Å²) < 4.78 is 0. The van der Waals surface area contributed by atoms with Crippen LogP contribution in [0.15, 0.2) is 36.5 Å². The van der Waals surface area contributed by atoms with Gasteiger partial charge in [-0.25, -0.2) is 0 Å². The number of carbonyl (C=O) groups is 1. The van der Waals surface area contributed by atoms with Gasteiger partial charge in [-0.15, -0.1) is 0 Å². The van der Waals surface area contributed by atoms with Crippen molar-refractivity contribution < 1.29 is 4.79 Å². The summed E-state index contributed by atoms with van der Waals surface area (Å²) in [6.45, 7) is 3.09. The number of pyridine rings is 1. The molecular weight excluding hydrogens is 214 g/mol. The highest BCUT2D eigenvalue weighted by Gasteiger charge is 2.02. The highest BCUT2D eigenvalue weighted by atomic mass is 16.1. The van der Waals surface area contributed by atoms with Crippen LogP contribution in [0, 0.1) is 0 Å². The van der Waals surface area contributed by atoms with Crippen molar-refractivity contribution in [2.45, 2.75) is 6.92 Å². The Balaban J connectivity index is 2.11. The van der Waals surface area contributed by atoms with E-state index in [1.807, 2.05) is 37.3 Å². The molecule has 1 heterocycles. The predicted molar refractivity (Wildman–Crippen MR) is 68.9 cm³/mol. The van der Waals surface area contributed by atoms with Crippen LogP contribution in [0.25, 0.3) is 10.9 Å². The summed E-state index contributed by atoms with van der Waals surface area (Å²) in [6, 6.07) is 9.54. The van der Waals surface area contributed by atoms with Crippen LogP contribution in [0.5, 0.6) is 0 Å². The van der Waals surface area contributed by atoms with Gasteiger partial charge in [0.05, 0.1) is 12.1 Å². The summed E-state index contributed by atoms with van der Waals surface area (Å²) in [5, 5.41) is 6.84. The van der Waals surface area contributed by atoms with Gasteiger partial charge in [0.15, 0.2) is 0 Å². The molecule has 1 aromatic heterocycles. The van der Waals surface area contributed by atoms with Crippen molar-refractivity contribution in [3.05, 3.63) is 36.5 Å². The summed E-state index contributed by atoms with van der Waals surface area (Å²) in [7, 11) is 0. The summed E-state index contributed by atoms with van der Waals surface area (Å²) in [4.78, 5) is 15.7. The molecule has 0 saturated heterocycles. The lowest BCUT2D eigenvalue weighted by atomic mass is 10.2. The third-order valence-corrected chi connectivity index (χ3v) is 2.42. The molecule has 0 spiro atoms. The lowest BCUT2D eigenvalue weighted by molar-refractivity contribution is -0.115. The van der Waals surface area contributed by atoms with E-state index in [9.17, 15) is 4.79 Å². The zero-order valence-electron chi connectivity index (χ0n) is 9.73. The minimum atomic E-state index is -0.0323. The summed E-state index contributed by atoms with van der Waals surface area (Å²) >= 11 is 0. The van der Waals surface area contributed by atoms with Crippen LogP contribution in [0.1, 0.15) is 6.92 Å². The van der Waals surface area contributed by atoms with Crippen LogP contribution in [-0.2, 0) is 4.79 Å². The molecule has 0 aliphatic heterocycles. The van der Waals surface area contributed by atoms with Crippen molar-refractivity contribution in [2.75, 3.05) is 18.4 Å². The number of likely N-dealkylation sites (N-methyl/N-ethyl adjacent to an activating group) is 1. The minimum absolute atomic E-state index is 0.0323. The molecule has 17 heavy (non-hydrogen) atoms. The average molecular weight is 229 g/mol. The molecule has 0 saturated carbocycles. The minimum Gasteiger partial charge on any atom is -0.325 e. The number of amides is 1. The maximum absolute atomic E-state index is 11.5. The van der Waals surface area contributed by atoms with E-state index in [1.54, 1.807) is 6.20 Å². The zero-order valence-corrected chi connectivity index (χ0v) is 9.73. The number of benzene rings is 1. The van der Waals surface area contributed by atoms with Gasteiger partial charge in [-0.3, -0.25) is 9.78 Å². The van der Waals surface area contributed by atoms with Crippen LogP contribution in [0.3, 0.4) is 0 Å². The standard InChI is InChI=1S/C13H15N3O/c1-2-14-9-13(17)16-11-5-6-12-10(8-11)4-3-7-15-12/h3-8,14H,2,9H2,1H3,(H,16,17). The van der Waals surface area contributed by atoms with E-state index in [0.717, 1.165) is 23.1 Å². The second-order valence-electron chi connectivity index (χ2n) is 3.74. The quantitative estimate of drug-likeness (QED) is 0.840. The van der Waals surface area contributed by atoms with Gasteiger partial charge in [0.25, 0.3) is 0 Å². The van der Waals surface area contributed by atoms with Crippen LogP contribution < -0.4 is 10.6 Å². The number of rotatable bonds is 4. The fourth-order valence-corrected chi connectivity index (χ4v) is 1.60. The normalized spacial score (nSPS) is 10.4. The number of nitrogens with one attached hydrogen (secondary N) is 2. The average Bonchev–Trinajstić information content (AvgIpc) is 2.36. The molecule has 2 N–H and O–H groups in total. The Kier molecular flexibility index (Phi) is 3.67. The largest absolute Gasteiger partial charge is 0.325 e. The molecule has 0 aliphatic carbocycles. The Morgan fingerprint density at radius 1 is 1.35 bits per heavy atom. The van der Waals surface area contributed by atoms with E-state index >= 15 is 0 Å². The summed E-state index contributed by atoms with van der Waals surface area (Å²) in [6.07, 6.45) is 1.76. The van der Waals surface area contributed by atoms with Gasteiger partial charge < -0.3 is 10.6 Å². The first-order chi connectivity index (χ1) is 8.29. The lowest BCUT2D eigenvalue weighted by Gasteiger charge is -2.06. The van der Waals surface area contributed by atoms with Crippen LogP contribution >= 0.6 is 0 Å². The Labute approximate surface area is 100 Å². The summed E-state index contributed by atoms with van der Waals surface area (Å²) in [5.41, 5.74) is 1.73. The number of anilines is 1. The van der Waals surface area contributed by atoms with Crippen LogP contribution in [0.2, 0.25) is 0 Å². The highest BCUT2D eigenvalue weighted by molar-refractivity contribution is 5.94. The Bertz CT molecular complexity index is 525. The van der Waals surface area contributed by atoms with E-state index in [-0.39, 0.29) is 5.91 Å². The molecule has 2 aromatic rings. The number of nitrogens with zero attached hydrogens (tertiary/aromatic N) is 1. The second-order valence-corrected chi connectivity index (χ2v) is 3.74. The molecule has 0 bridgehead atoms. The molecule has 4 nitrogen and oxygen atoms in total. The number of carbonyl (C=O) groups excluding carboxylic acids is 1. The third-order valence-electron chi connectivity index (χ3n) is 2.42. The predicted octanol–water partition coefficient (Wildman–Crippen LogP) is 1.78. The van der Waals surface area contributed by atoms with E-state index in [4.69, 9.17) is 0 Å². The van der Waals surface area contributed by atoms with E-state index in [2.05, 4.69) is 15.6 Å². The van der Waals surface area contributed by atoms with E-state index < -0.39 is 0 Å². The molecular formula is C13H15N3O. The first-order valence-corrected chi connectivity index (χ1v) is 5.65. The maximum Gasteiger partial charge on any atom is 0.238 e. The van der Waals surface area contributed by atoms with Gasteiger partial charge in [-0.1, -0.05) is 13.0 Å². The first-order valence-electron chi connectivity index (χ1n) is 5.65. The molecule has 0 radical (unpaired) electrons. The fourth-order valence-electron chi connectivity index (χ4n) is 1.60. The van der Waals surface area contributed by atoms with Crippen molar-refractivity contribution in [3.63, 3.8) is 0 Å². The van der Waals surface area contributed by atoms with E-state index in [1.165, 1.54) is 0 Å². The molecule has 88 valence electrons. The molecule has 2 rings (SSSR count). The Hall–Kier alpha value is -1.94. The summed E-state index contributed by atoms with van der Waals surface area (Å²) in [5.74, 6) is -0.0323. The maximum atomic E-state index is 11.5. The van der Waals surface area contributed by atoms with Crippen molar-refractivity contribution in [2.24, 2.45) is 0 Å². The van der Waals surface area contributed by atoms with Crippen molar-refractivity contribution >= 4 is 22.5 Å². The number of fused-ring (bicyclic) bond motifs is 1. The molecule has 0 aliphatic rings. The highest BCUT2D eigenvalue weighted by Crippen LogP contribution is 2.16. The van der Waals surface area contributed by atoms with Gasteiger partial charge in [-0.2, -0.15) is 0 Å². The van der Waals surface area contributed by atoms with Crippen molar-refractivity contribution in [3.8, 4) is 0 Å². The fraction of sp³-hybridized carbons (Fsp3) is 0.231. The monoisotopic (exact) mass is 229 g/mol.